The first-order chi connectivity index (χ1) is 12.2. The van der Waals surface area contributed by atoms with Crippen LogP contribution in [0.25, 0.3) is 11.4 Å². The lowest BCUT2D eigenvalue weighted by atomic mass is 10.2. The van der Waals surface area contributed by atoms with Gasteiger partial charge in [0.25, 0.3) is 0 Å². The van der Waals surface area contributed by atoms with E-state index in [1.807, 2.05) is 24.3 Å². The molecule has 7 nitrogen and oxygen atoms in total. The van der Waals surface area contributed by atoms with Gasteiger partial charge in [-0.2, -0.15) is 4.98 Å². The first kappa shape index (κ1) is 20.2. The van der Waals surface area contributed by atoms with Crippen molar-refractivity contribution in [1.82, 2.24) is 20.8 Å². The number of hydrogen-bond donors (Lipinski definition) is 2. The van der Waals surface area contributed by atoms with Gasteiger partial charge in [0.15, 0.2) is 5.96 Å². The molecule has 3 rings (SSSR count). The van der Waals surface area contributed by atoms with E-state index in [0.29, 0.717) is 35.8 Å². The van der Waals surface area contributed by atoms with Gasteiger partial charge in [-0.3, -0.25) is 4.99 Å². The van der Waals surface area contributed by atoms with Gasteiger partial charge < -0.3 is 19.6 Å². The molecule has 0 atom stereocenters. The van der Waals surface area contributed by atoms with Crippen LogP contribution in [0.3, 0.4) is 0 Å². The van der Waals surface area contributed by atoms with Gasteiger partial charge in [-0.25, -0.2) is 0 Å². The fourth-order valence-electron chi connectivity index (χ4n) is 2.18. The highest BCUT2D eigenvalue weighted by Gasteiger charge is 2.09. The van der Waals surface area contributed by atoms with Crippen LogP contribution in [-0.4, -0.2) is 29.7 Å². The van der Waals surface area contributed by atoms with Crippen LogP contribution in [0, 0.1) is 0 Å². The van der Waals surface area contributed by atoms with Gasteiger partial charge in [0, 0.05) is 30.6 Å². The standard InChI is InChI=1S/C17H18ClN5O2.HI/c1-19-17(20-9-8-14-3-2-10-24-14)21-11-15-22-16(23-25-15)12-4-6-13(18)7-5-12;/h2-7,10H,8-9,11H2,1H3,(H2,19,20,21);1H. The van der Waals surface area contributed by atoms with E-state index in [1.165, 1.54) is 0 Å². The molecule has 0 saturated heterocycles. The number of benzene rings is 1. The van der Waals surface area contributed by atoms with Gasteiger partial charge in [0.1, 0.15) is 5.76 Å². The number of aliphatic imine (C=N–C) groups is 1. The fourth-order valence-corrected chi connectivity index (χ4v) is 2.31. The second-order valence-electron chi connectivity index (χ2n) is 5.20. The number of aromatic nitrogens is 2. The second kappa shape index (κ2) is 10.2. The van der Waals surface area contributed by atoms with Crippen molar-refractivity contribution < 1.29 is 8.94 Å². The van der Waals surface area contributed by atoms with Crippen molar-refractivity contribution in [2.75, 3.05) is 13.6 Å². The summed E-state index contributed by atoms with van der Waals surface area (Å²) in [4.78, 5) is 8.51. The molecular formula is C17H19ClIN5O2. The third kappa shape index (κ3) is 5.73. The van der Waals surface area contributed by atoms with Crippen molar-refractivity contribution in [3.8, 4) is 11.4 Å². The van der Waals surface area contributed by atoms with E-state index in [-0.39, 0.29) is 24.0 Å². The molecular weight excluding hydrogens is 469 g/mol. The molecule has 0 amide bonds. The van der Waals surface area contributed by atoms with E-state index >= 15 is 0 Å². The van der Waals surface area contributed by atoms with Crippen LogP contribution in [0.15, 0.2) is 56.6 Å². The lowest BCUT2D eigenvalue weighted by Gasteiger charge is -2.09. The Balaban J connectivity index is 0.00000243. The van der Waals surface area contributed by atoms with E-state index in [1.54, 1.807) is 25.4 Å². The third-order valence-electron chi connectivity index (χ3n) is 3.45. The molecule has 2 N–H and O–H groups in total. The Labute approximate surface area is 173 Å². The predicted molar refractivity (Wildman–Crippen MR) is 111 cm³/mol. The smallest absolute Gasteiger partial charge is 0.246 e. The normalized spacial score (nSPS) is 11.1. The minimum absolute atomic E-state index is 0. The summed E-state index contributed by atoms with van der Waals surface area (Å²) in [6.07, 6.45) is 2.44. The van der Waals surface area contributed by atoms with Crippen LogP contribution in [0.2, 0.25) is 5.02 Å². The minimum Gasteiger partial charge on any atom is -0.469 e. The molecule has 0 aliphatic heterocycles. The second-order valence-corrected chi connectivity index (χ2v) is 5.64. The third-order valence-corrected chi connectivity index (χ3v) is 3.70. The number of nitrogens with one attached hydrogen (secondary N) is 2. The number of rotatable bonds is 6. The topological polar surface area (TPSA) is 88.5 Å². The number of hydrogen-bond acceptors (Lipinski definition) is 5. The largest absolute Gasteiger partial charge is 0.469 e. The number of nitrogens with zero attached hydrogens (tertiary/aromatic N) is 3. The summed E-state index contributed by atoms with van der Waals surface area (Å²) in [6.45, 7) is 1.08. The molecule has 9 heteroatoms. The molecule has 0 bridgehead atoms. The molecule has 0 aliphatic carbocycles. The summed E-state index contributed by atoms with van der Waals surface area (Å²) in [5, 5.41) is 11.0. The number of guanidine groups is 1. The zero-order valence-electron chi connectivity index (χ0n) is 14.1. The van der Waals surface area contributed by atoms with E-state index in [9.17, 15) is 0 Å². The molecule has 0 fully saturated rings. The van der Waals surface area contributed by atoms with Gasteiger partial charge in [-0.1, -0.05) is 16.8 Å². The van der Waals surface area contributed by atoms with E-state index in [2.05, 4.69) is 25.8 Å². The minimum atomic E-state index is 0. The van der Waals surface area contributed by atoms with E-state index < -0.39 is 0 Å². The predicted octanol–water partition coefficient (Wildman–Crippen LogP) is 3.51. The molecule has 2 heterocycles. The SMILES string of the molecule is CN=C(NCCc1ccco1)NCc1nc(-c2ccc(Cl)cc2)no1.I. The van der Waals surface area contributed by atoms with Crippen LogP contribution < -0.4 is 10.6 Å². The first-order valence-corrected chi connectivity index (χ1v) is 8.18. The molecule has 0 saturated carbocycles. The molecule has 1 aromatic carbocycles. The maximum Gasteiger partial charge on any atom is 0.246 e. The molecule has 2 aromatic heterocycles. The summed E-state index contributed by atoms with van der Waals surface area (Å²) in [5.41, 5.74) is 0.848. The van der Waals surface area contributed by atoms with Crippen LogP contribution in [0.5, 0.6) is 0 Å². The highest BCUT2D eigenvalue weighted by molar-refractivity contribution is 14.0. The first-order valence-electron chi connectivity index (χ1n) is 7.80. The molecule has 0 radical (unpaired) electrons. The average molecular weight is 488 g/mol. The van der Waals surface area contributed by atoms with E-state index in [0.717, 1.165) is 17.7 Å². The van der Waals surface area contributed by atoms with Gasteiger partial charge >= 0.3 is 0 Å². The van der Waals surface area contributed by atoms with Crippen LogP contribution in [0.4, 0.5) is 0 Å². The van der Waals surface area contributed by atoms with Crippen molar-refractivity contribution in [3.63, 3.8) is 0 Å². The monoisotopic (exact) mass is 487 g/mol. The molecule has 26 heavy (non-hydrogen) atoms. The Bertz CT molecular complexity index is 818. The van der Waals surface area contributed by atoms with Gasteiger partial charge in [-0.15, -0.1) is 24.0 Å². The zero-order valence-corrected chi connectivity index (χ0v) is 17.2. The lowest BCUT2D eigenvalue weighted by molar-refractivity contribution is 0.375. The summed E-state index contributed by atoms with van der Waals surface area (Å²) in [5.74, 6) is 2.57. The number of halogens is 2. The van der Waals surface area contributed by atoms with E-state index in [4.69, 9.17) is 20.5 Å². The molecule has 0 spiro atoms. The summed E-state index contributed by atoms with van der Waals surface area (Å²) >= 11 is 5.88. The molecule has 0 aliphatic rings. The van der Waals surface area contributed by atoms with Crippen molar-refractivity contribution in [1.29, 1.82) is 0 Å². The van der Waals surface area contributed by atoms with Gasteiger partial charge in [0.2, 0.25) is 11.7 Å². The summed E-state index contributed by atoms with van der Waals surface area (Å²) in [7, 11) is 1.70. The Kier molecular flexibility index (Phi) is 7.92. The summed E-state index contributed by atoms with van der Waals surface area (Å²) < 4.78 is 10.5. The Hall–Kier alpha value is -2.07. The van der Waals surface area contributed by atoms with Crippen LogP contribution in [0.1, 0.15) is 11.7 Å². The Morgan fingerprint density at radius 1 is 1.19 bits per heavy atom. The zero-order chi connectivity index (χ0) is 17.5. The quantitative estimate of drug-likeness (QED) is 0.314. The Morgan fingerprint density at radius 2 is 2.00 bits per heavy atom. The van der Waals surface area contributed by atoms with Crippen molar-refractivity contribution >= 4 is 41.5 Å². The Morgan fingerprint density at radius 3 is 2.69 bits per heavy atom. The van der Waals surface area contributed by atoms with Gasteiger partial charge in [0.05, 0.1) is 12.8 Å². The molecule has 3 aromatic rings. The van der Waals surface area contributed by atoms with Gasteiger partial charge in [-0.05, 0) is 36.4 Å². The fraction of sp³-hybridized carbons (Fsp3) is 0.235. The highest BCUT2D eigenvalue weighted by atomic mass is 127. The van der Waals surface area contributed by atoms with Crippen molar-refractivity contribution in [2.24, 2.45) is 4.99 Å². The van der Waals surface area contributed by atoms with Crippen molar-refractivity contribution in [2.45, 2.75) is 13.0 Å². The van der Waals surface area contributed by atoms with Crippen molar-refractivity contribution in [3.05, 3.63) is 59.3 Å². The van der Waals surface area contributed by atoms with Crippen LogP contribution >= 0.6 is 35.6 Å². The molecule has 0 unspecified atom stereocenters. The van der Waals surface area contributed by atoms with Crippen LogP contribution in [-0.2, 0) is 13.0 Å². The highest BCUT2D eigenvalue weighted by Crippen LogP contribution is 2.18. The average Bonchev–Trinajstić information content (AvgIpc) is 3.30. The number of furan rings is 1. The lowest BCUT2D eigenvalue weighted by Crippen LogP contribution is -2.37. The maximum absolute atomic E-state index is 5.88. The maximum atomic E-state index is 5.88. The summed E-state index contributed by atoms with van der Waals surface area (Å²) in [6, 6.07) is 11.1. The molecule has 138 valence electrons.